The normalized spacial score (nSPS) is 16.6. The molecule has 0 spiro atoms. The number of aromatic nitrogens is 3. The lowest BCUT2D eigenvalue weighted by atomic mass is 10.1. The molecule has 4 N–H and O–H groups in total. The molecule has 3 aromatic rings. The highest BCUT2D eigenvalue weighted by molar-refractivity contribution is 5.93. The topological polar surface area (TPSA) is 122 Å². The third-order valence-electron chi connectivity index (χ3n) is 4.60. The van der Waals surface area contributed by atoms with Crippen molar-refractivity contribution < 1.29 is 4.79 Å². The zero-order valence-electron chi connectivity index (χ0n) is 15.4. The van der Waals surface area contributed by atoms with Crippen molar-refractivity contribution in [2.75, 3.05) is 35.2 Å². The maximum absolute atomic E-state index is 11.5. The van der Waals surface area contributed by atoms with Crippen molar-refractivity contribution >= 4 is 39.8 Å². The number of carbonyl (C=O) groups excluding carboxylic acids is 1. The second-order valence-electron chi connectivity index (χ2n) is 6.58. The summed E-state index contributed by atoms with van der Waals surface area (Å²) in [4.78, 5) is 25.3. The minimum absolute atomic E-state index is 0.138. The van der Waals surface area contributed by atoms with Crippen LogP contribution in [0.25, 0.3) is 11.0 Å². The molecule has 0 radical (unpaired) electrons. The number of nitrogens with one attached hydrogen (secondary N) is 4. The third-order valence-corrected chi connectivity index (χ3v) is 4.60. The molecule has 1 amide bonds. The highest BCUT2D eigenvalue weighted by atomic mass is 16.1. The number of rotatable bonds is 4. The highest BCUT2D eigenvalue weighted by Gasteiger charge is 2.22. The number of aromatic amines is 1. The van der Waals surface area contributed by atoms with Crippen molar-refractivity contribution in [3.8, 4) is 6.07 Å². The van der Waals surface area contributed by atoms with E-state index in [2.05, 4.69) is 41.9 Å². The van der Waals surface area contributed by atoms with E-state index >= 15 is 0 Å². The molecule has 3 heterocycles. The van der Waals surface area contributed by atoms with Gasteiger partial charge < -0.3 is 20.5 Å². The van der Waals surface area contributed by atoms with E-state index in [1.54, 1.807) is 0 Å². The molecule has 1 aliphatic rings. The Labute approximate surface area is 161 Å². The first-order valence-electron chi connectivity index (χ1n) is 8.99. The minimum atomic E-state index is -0.230. The van der Waals surface area contributed by atoms with E-state index in [-0.39, 0.29) is 11.9 Å². The highest BCUT2D eigenvalue weighted by Crippen LogP contribution is 2.33. The average molecular weight is 376 g/mol. The molecular weight excluding hydrogens is 356 g/mol. The maximum Gasteiger partial charge on any atom is 0.221 e. The number of carbonyl (C=O) groups is 1. The van der Waals surface area contributed by atoms with Gasteiger partial charge >= 0.3 is 0 Å². The van der Waals surface area contributed by atoms with E-state index < -0.39 is 0 Å². The Bertz CT molecular complexity index is 1050. The summed E-state index contributed by atoms with van der Waals surface area (Å²) in [7, 11) is 0. The van der Waals surface area contributed by atoms with Crippen LogP contribution >= 0.6 is 0 Å². The number of amides is 1. The van der Waals surface area contributed by atoms with Crippen molar-refractivity contribution in [1.82, 2.24) is 20.3 Å². The fraction of sp³-hybridized carbons (Fsp3) is 0.263. The third kappa shape index (κ3) is 3.58. The van der Waals surface area contributed by atoms with Crippen LogP contribution in [0.3, 0.4) is 0 Å². The molecule has 2 aromatic heterocycles. The quantitative estimate of drug-likeness (QED) is 0.549. The molecule has 0 bridgehead atoms. The molecule has 28 heavy (non-hydrogen) atoms. The summed E-state index contributed by atoms with van der Waals surface area (Å²) in [5.41, 5.74) is 3.16. The molecule has 4 rings (SSSR count). The Hall–Kier alpha value is -3.64. The van der Waals surface area contributed by atoms with Crippen molar-refractivity contribution in [2.45, 2.75) is 13.0 Å². The van der Waals surface area contributed by atoms with Crippen LogP contribution in [0.2, 0.25) is 0 Å². The number of fused-ring (bicyclic) bond motifs is 1. The summed E-state index contributed by atoms with van der Waals surface area (Å²) in [5.74, 6) is 0.528. The molecule has 1 unspecified atom stereocenters. The lowest BCUT2D eigenvalue weighted by Crippen LogP contribution is -2.50. The molecule has 0 saturated carbocycles. The van der Waals surface area contributed by atoms with E-state index in [1.165, 1.54) is 13.3 Å². The second-order valence-corrected chi connectivity index (χ2v) is 6.58. The first-order valence-corrected chi connectivity index (χ1v) is 8.99. The predicted molar refractivity (Wildman–Crippen MR) is 108 cm³/mol. The van der Waals surface area contributed by atoms with Crippen LogP contribution in [0, 0.1) is 11.3 Å². The Kier molecular flexibility index (Phi) is 4.78. The summed E-state index contributed by atoms with van der Waals surface area (Å²) < 4.78 is 0. The molecule has 1 aliphatic heterocycles. The van der Waals surface area contributed by atoms with Gasteiger partial charge in [0.1, 0.15) is 23.8 Å². The van der Waals surface area contributed by atoms with Crippen molar-refractivity contribution in [2.24, 2.45) is 0 Å². The van der Waals surface area contributed by atoms with Gasteiger partial charge in [0.25, 0.3) is 0 Å². The summed E-state index contributed by atoms with van der Waals surface area (Å²) in [6.45, 7) is 3.55. The van der Waals surface area contributed by atoms with Gasteiger partial charge in [0.05, 0.1) is 22.8 Å². The number of anilines is 4. The van der Waals surface area contributed by atoms with Crippen LogP contribution in [-0.2, 0) is 4.79 Å². The fourth-order valence-corrected chi connectivity index (χ4v) is 3.35. The van der Waals surface area contributed by atoms with Crippen LogP contribution in [0.15, 0.2) is 36.8 Å². The van der Waals surface area contributed by atoms with Gasteiger partial charge in [-0.2, -0.15) is 5.26 Å². The Morgan fingerprint density at radius 1 is 1.36 bits per heavy atom. The maximum atomic E-state index is 11.5. The van der Waals surface area contributed by atoms with Gasteiger partial charge in [0.2, 0.25) is 5.91 Å². The van der Waals surface area contributed by atoms with Gasteiger partial charge in [0, 0.05) is 38.4 Å². The summed E-state index contributed by atoms with van der Waals surface area (Å²) in [6, 6.07) is 9.64. The number of H-pyrrole nitrogens is 1. The molecule has 1 aromatic carbocycles. The van der Waals surface area contributed by atoms with Gasteiger partial charge in [-0.3, -0.25) is 10.1 Å². The largest absolute Gasteiger partial charge is 0.366 e. The smallest absolute Gasteiger partial charge is 0.221 e. The lowest BCUT2D eigenvalue weighted by Gasteiger charge is -2.33. The standard InChI is InChI=1S/C19H20N8O/c1-12(28)25-13-2-3-17(27-7-6-21-14(9-20)10-27)16(8-13)26-19-15-4-5-22-18(15)23-11-24-19/h2-5,8,11,14,21H,6-7,10H2,1H3,(H,25,28)(H2,22,23,24,26). The van der Waals surface area contributed by atoms with E-state index in [9.17, 15) is 10.1 Å². The van der Waals surface area contributed by atoms with Gasteiger partial charge in [0.15, 0.2) is 0 Å². The van der Waals surface area contributed by atoms with Crippen molar-refractivity contribution in [1.29, 1.82) is 5.26 Å². The summed E-state index contributed by atoms with van der Waals surface area (Å²) in [5, 5.41) is 19.5. The number of benzene rings is 1. The number of hydrogen-bond acceptors (Lipinski definition) is 7. The van der Waals surface area contributed by atoms with E-state index in [1.807, 2.05) is 30.5 Å². The summed E-state index contributed by atoms with van der Waals surface area (Å²) in [6.07, 6.45) is 3.31. The van der Waals surface area contributed by atoms with E-state index in [4.69, 9.17) is 0 Å². The van der Waals surface area contributed by atoms with Gasteiger partial charge in [-0.25, -0.2) is 9.97 Å². The van der Waals surface area contributed by atoms with Crippen LogP contribution in [0.5, 0.6) is 0 Å². The van der Waals surface area contributed by atoms with Crippen LogP contribution < -0.4 is 20.9 Å². The molecule has 1 saturated heterocycles. The van der Waals surface area contributed by atoms with Crippen LogP contribution in [0.4, 0.5) is 22.9 Å². The van der Waals surface area contributed by atoms with E-state index in [0.29, 0.717) is 18.1 Å². The minimum Gasteiger partial charge on any atom is -0.366 e. The SMILES string of the molecule is CC(=O)Nc1ccc(N2CCNC(C#N)C2)c(Nc2ncnc3[nH]ccc23)c1. The fourth-order valence-electron chi connectivity index (χ4n) is 3.35. The molecule has 9 nitrogen and oxygen atoms in total. The zero-order valence-corrected chi connectivity index (χ0v) is 15.4. The first kappa shape index (κ1) is 17.8. The van der Waals surface area contributed by atoms with Gasteiger partial charge in [-0.1, -0.05) is 0 Å². The van der Waals surface area contributed by atoms with Crippen LogP contribution in [0.1, 0.15) is 6.92 Å². The number of hydrogen-bond donors (Lipinski definition) is 4. The Morgan fingerprint density at radius 3 is 3.07 bits per heavy atom. The first-order chi connectivity index (χ1) is 13.6. The number of piperazine rings is 1. The molecule has 9 heteroatoms. The van der Waals surface area contributed by atoms with Crippen molar-refractivity contribution in [3.05, 3.63) is 36.8 Å². The Balaban J connectivity index is 1.73. The molecule has 1 fully saturated rings. The van der Waals surface area contributed by atoms with Gasteiger partial charge in [-0.15, -0.1) is 0 Å². The molecular formula is C19H20N8O. The predicted octanol–water partition coefficient (Wildman–Crippen LogP) is 1.96. The van der Waals surface area contributed by atoms with Crippen molar-refractivity contribution in [3.63, 3.8) is 0 Å². The number of nitriles is 1. The second kappa shape index (κ2) is 7.54. The zero-order chi connectivity index (χ0) is 19.5. The monoisotopic (exact) mass is 376 g/mol. The molecule has 0 aliphatic carbocycles. The van der Waals surface area contributed by atoms with Crippen LogP contribution in [-0.4, -0.2) is 46.5 Å². The van der Waals surface area contributed by atoms with Gasteiger partial charge in [-0.05, 0) is 24.3 Å². The Morgan fingerprint density at radius 2 is 2.25 bits per heavy atom. The lowest BCUT2D eigenvalue weighted by molar-refractivity contribution is -0.114. The average Bonchev–Trinajstić information content (AvgIpc) is 3.18. The summed E-state index contributed by atoms with van der Waals surface area (Å²) >= 11 is 0. The molecule has 142 valence electrons. The molecule has 1 atom stereocenters. The number of nitrogens with zero attached hydrogens (tertiary/aromatic N) is 4. The van der Waals surface area contributed by atoms with E-state index in [0.717, 1.165) is 35.5 Å².